The largest absolute Gasteiger partial charge is 0.456 e. The van der Waals surface area contributed by atoms with Crippen LogP contribution in [-0.2, 0) is 17.7 Å². The van der Waals surface area contributed by atoms with Crippen molar-refractivity contribution in [1.82, 2.24) is 14.7 Å². The van der Waals surface area contributed by atoms with E-state index in [1.807, 2.05) is 29.2 Å². The fourth-order valence-electron chi connectivity index (χ4n) is 4.41. The molecule has 0 bridgehead atoms. The van der Waals surface area contributed by atoms with Crippen LogP contribution < -0.4 is 0 Å². The van der Waals surface area contributed by atoms with Crippen LogP contribution >= 0.6 is 0 Å². The van der Waals surface area contributed by atoms with E-state index in [-0.39, 0.29) is 11.9 Å². The van der Waals surface area contributed by atoms with Crippen molar-refractivity contribution in [3.8, 4) is 0 Å². The van der Waals surface area contributed by atoms with Gasteiger partial charge in [0, 0.05) is 51.3 Å². The molecule has 4 rings (SSSR count). The fourth-order valence-corrected chi connectivity index (χ4v) is 4.41. The van der Waals surface area contributed by atoms with E-state index in [0.717, 1.165) is 70.1 Å². The molecule has 0 saturated carbocycles. The van der Waals surface area contributed by atoms with Gasteiger partial charge < -0.3 is 19.0 Å². The zero-order valence-corrected chi connectivity index (χ0v) is 18.2. The second-order valence-electron chi connectivity index (χ2n) is 8.38. The summed E-state index contributed by atoms with van der Waals surface area (Å²) in [7, 11) is 2.12. The Bertz CT molecular complexity index is 829. The standard InChI is InChI=1S/C24H33N3O3/c1-3-7-22-20(17-26-12-14-29-15-13-26)16-23(30-22)24(28)27-11-10-25(2)18-21(27)19-8-5-4-6-9-19/h4-6,8-9,16,21H,3,7,10-15,17-18H2,1-2H3/t21-/m0/s1. The molecule has 1 aromatic heterocycles. The van der Waals surface area contributed by atoms with E-state index in [1.165, 1.54) is 5.56 Å². The molecule has 6 heteroatoms. The van der Waals surface area contributed by atoms with Crippen molar-refractivity contribution in [2.75, 3.05) is 53.0 Å². The minimum atomic E-state index is 0.00235. The number of ether oxygens (including phenoxy) is 1. The summed E-state index contributed by atoms with van der Waals surface area (Å²) >= 11 is 0. The molecule has 3 heterocycles. The SMILES string of the molecule is CCCc1oc(C(=O)N2CCN(C)C[C@H]2c2ccccc2)cc1CN1CCOCC1. The Kier molecular flexibility index (Phi) is 6.87. The highest BCUT2D eigenvalue weighted by Gasteiger charge is 2.33. The first-order chi connectivity index (χ1) is 14.7. The van der Waals surface area contributed by atoms with Crippen LogP contribution in [0.1, 0.15) is 46.8 Å². The number of benzene rings is 1. The Balaban J connectivity index is 1.57. The Morgan fingerprint density at radius 3 is 2.60 bits per heavy atom. The van der Waals surface area contributed by atoms with Crippen LogP contribution in [0.4, 0.5) is 0 Å². The summed E-state index contributed by atoms with van der Waals surface area (Å²) in [6.45, 7) is 8.77. The summed E-state index contributed by atoms with van der Waals surface area (Å²) in [6, 6.07) is 12.3. The first-order valence-corrected chi connectivity index (χ1v) is 11.1. The van der Waals surface area contributed by atoms with E-state index in [4.69, 9.17) is 9.15 Å². The maximum absolute atomic E-state index is 13.5. The molecule has 1 aromatic carbocycles. The van der Waals surface area contributed by atoms with Gasteiger partial charge in [-0.3, -0.25) is 9.69 Å². The number of amides is 1. The van der Waals surface area contributed by atoms with E-state index in [9.17, 15) is 4.79 Å². The lowest BCUT2D eigenvalue weighted by Gasteiger charge is -2.40. The van der Waals surface area contributed by atoms with Gasteiger partial charge in [0.25, 0.3) is 5.91 Å². The summed E-state index contributed by atoms with van der Waals surface area (Å²) in [5.74, 6) is 1.44. The molecule has 30 heavy (non-hydrogen) atoms. The number of likely N-dealkylation sites (N-methyl/N-ethyl adjacent to an activating group) is 1. The number of furan rings is 1. The van der Waals surface area contributed by atoms with Gasteiger partial charge in [-0.15, -0.1) is 0 Å². The lowest BCUT2D eigenvalue weighted by molar-refractivity contribution is 0.0339. The minimum Gasteiger partial charge on any atom is -0.456 e. The van der Waals surface area contributed by atoms with Crippen molar-refractivity contribution in [2.24, 2.45) is 0 Å². The van der Waals surface area contributed by atoms with Gasteiger partial charge >= 0.3 is 0 Å². The highest BCUT2D eigenvalue weighted by molar-refractivity contribution is 5.92. The maximum atomic E-state index is 13.5. The van der Waals surface area contributed by atoms with Crippen molar-refractivity contribution in [3.05, 3.63) is 59.0 Å². The molecule has 0 aliphatic carbocycles. The molecule has 162 valence electrons. The Labute approximate surface area is 179 Å². The molecule has 2 saturated heterocycles. The molecule has 2 aliphatic rings. The van der Waals surface area contributed by atoms with Gasteiger partial charge in [-0.2, -0.15) is 0 Å². The molecule has 6 nitrogen and oxygen atoms in total. The predicted molar refractivity (Wildman–Crippen MR) is 117 cm³/mol. The normalized spacial score (nSPS) is 21.1. The van der Waals surface area contributed by atoms with Gasteiger partial charge in [0.2, 0.25) is 0 Å². The van der Waals surface area contributed by atoms with E-state index in [0.29, 0.717) is 12.3 Å². The summed E-state index contributed by atoms with van der Waals surface area (Å²) in [6.07, 6.45) is 1.86. The van der Waals surface area contributed by atoms with Crippen LogP contribution in [0.2, 0.25) is 0 Å². The third-order valence-electron chi connectivity index (χ3n) is 6.11. The van der Waals surface area contributed by atoms with Crippen LogP contribution in [0.3, 0.4) is 0 Å². The zero-order chi connectivity index (χ0) is 20.9. The van der Waals surface area contributed by atoms with Crippen molar-refractivity contribution in [2.45, 2.75) is 32.4 Å². The highest BCUT2D eigenvalue weighted by Crippen LogP contribution is 2.28. The van der Waals surface area contributed by atoms with Crippen molar-refractivity contribution >= 4 is 5.91 Å². The zero-order valence-electron chi connectivity index (χ0n) is 18.2. The topological polar surface area (TPSA) is 49.2 Å². The number of carbonyl (C=O) groups excluding carboxylic acids is 1. The maximum Gasteiger partial charge on any atom is 0.290 e. The number of carbonyl (C=O) groups is 1. The van der Waals surface area contributed by atoms with E-state index in [1.54, 1.807) is 0 Å². The number of nitrogens with zero attached hydrogens (tertiary/aromatic N) is 3. The molecule has 1 atom stereocenters. The number of morpholine rings is 1. The smallest absolute Gasteiger partial charge is 0.290 e. The van der Waals surface area contributed by atoms with Gasteiger partial charge in [-0.05, 0) is 25.1 Å². The van der Waals surface area contributed by atoms with E-state index < -0.39 is 0 Å². The molecule has 0 radical (unpaired) electrons. The second kappa shape index (κ2) is 9.77. The fraction of sp³-hybridized carbons (Fsp3) is 0.542. The third-order valence-corrected chi connectivity index (χ3v) is 6.11. The molecule has 2 fully saturated rings. The summed E-state index contributed by atoms with van der Waals surface area (Å²) in [5, 5.41) is 0. The van der Waals surface area contributed by atoms with E-state index in [2.05, 4.69) is 35.9 Å². The summed E-state index contributed by atoms with van der Waals surface area (Å²) in [5.41, 5.74) is 2.32. The van der Waals surface area contributed by atoms with Gasteiger partial charge in [-0.25, -0.2) is 0 Å². The number of piperazine rings is 1. The lowest BCUT2D eigenvalue weighted by Crippen LogP contribution is -2.49. The molecule has 2 aromatic rings. The summed E-state index contributed by atoms with van der Waals surface area (Å²) < 4.78 is 11.6. The number of aryl methyl sites for hydroxylation is 1. The Morgan fingerprint density at radius 2 is 1.87 bits per heavy atom. The van der Waals surface area contributed by atoms with Gasteiger partial charge in [-0.1, -0.05) is 37.3 Å². The Hall–Kier alpha value is -2.15. The van der Waals surface area contributed by atoms with Crippen LogP contribution in [0, 0.1) is 0 Å². The van der Waals surface area contributed by atoms with Gasteiger partial charge in [0.05, 0.1) is 19.3 Å². The molecule has 0 N–H and O–H groups in total. The first-order valence-electron chi connectivity index (χ1n) is 11.1. The average Bonchev–Trinajstić information content (AvgIpc) is 3.17. The number of rotatable bonds is 6. The van der Waals surface area contributed by atoms with Crippen LogP contribution in [0.15, 0.2) is 40.8 Å². The number of hydrogen-bond donors (Lipinski definition) is 0. The molecule has 0 spiro atoms. The second-order valence-corrected chi connectivity index (χ2v) is 8.38. The predicted octanol–water partition coefficient (Wildman–Crippen LogP) is 3.19. The molecular weight excluding hydrogens is 378 g/mol. The molecule has 0 unspecified atom stereocenters. The first kappa shape index (κ1) is 21.1. The third kappa shape index (κ3) is 4.77. The van der Waals surface area contributed by atoms with Crippen molar-refractivity contribution in [3.63, 3.8) is 0 Å². The molecule has 2 aliphatic heterocycles. The van der Waals surface area contributed by atoms with Crippen LogP contribution in [0.25, 0.3) is 0 Å². The molecular formula is C24H33N3O3. The van der Waals surface area contributed by atoms with Crippen LogP contribution in [0.5, 0.6) is 0 Å². The van der Waals surface area contributed by atoms with Crippen molar-refractivity contribution in [1.29, 1.82) is 0 Å². The minimum absolute atomic E-state index is 0.00235. The highest BCUT2D eigenvalue weighted by atomic mass is 16.5. The quantitative estimate of drug-likeness (QED) is 0.731. The monoisotopic (exact) mass is 411 g/mol. The lowest BCUT2D eigenvalue weighted by atomic mass is 10.0. The summed E-state index contributed by atoms with van der Waals surface area (Å²) in [4.78, 5) is 20.2. The van der Waals surface area contributed by atoms with Crippen LogP contribution in [-0.4, -0.2) is 73.6 Å². The van der Waals surface area contributed by atoms with E-state index >= 15 is 0 Å². The Morgan fingerprint density at radius 1 is 1.10 bits per heavy atom. The molecule has 1 amide bonds. The van der Waals surface area contributed by atoms with Crippen molar-refractivity contribution < 1.29 is 13.9 Å². The van der Waals surface area contributed by atoms with Gasteiger partial charge in [0.1, 0.15) is 5.76 Å². The number of hydrogen-bond acceptors (Lipinski definition) is 5. The van der Waals surface area contributed by atoms with Gasteiger partial charge in [0.15, 0.2) is 5.76 Å². The average molecular weight is 412 g/mol.